The van der Waals surface area contributed by atoms with Crippen molar-refractivity contribution in [1.82, 2.24) is 9.80 Å². The van der Waals surface area contributed by atoms with Gasteiger partial charge in [-0.2, -0.15) is 0 Å². The number of amides is 1. The van der Waals surface area contributed by atoms with Crippen molar-refractivity contribution >= 4 is 12.4 Å². The smallest absolute Gasteiger partial charge is 0.410 e. The van der Waals surface area contributed by atoms with Crippen LogP contribution in [0.4, 0.5) is 9.18 Å². The van der Waals surface area contributed by atoms with Crippen molar-refractivity contribution in [2.75, 3.05) is 32.7 Å². The van der Waals surface area contributed by atoms with Gasteiger partial charge >= 0.3 is 6.09 Å². The van der Waals surface area contributed by atoms with Crippen molar-refractivity contribution in [3.8, 4) is 0 Å². The quantitative estimate of drug-likeness (QED) is 0.541. The second-order valence-corrected chi connectivity index (χ2v) is 6.03. The summed E-state index contributed by atoms with van der Waals surface area (Å²) in [5, 5.41) is 0. The molecule has 0 bridgehead atoms. The fraction of sp³-hybridized carbons (Fsp3) is 0.556. The number of hydrogen-bond acceptors (Lipinski definition) is 4. The molecule has 0 N–H and O–H groups in total. The molecule has 1 heterocycles. The first-order chi connectivity index (χ1) is 11.7. The lowest BCUT2D eigenvalue weighted by Crippen LogP contribution is -2.48. The van der Waals surface area contributed by atoms with Gasteiger partial charge in [0.2, 0.25) is 0 Å². The Hall–Kier alpha value is -1.95. The molecular formula is C18H25FN2O3. The molecule has 0 aromatic heterocycles. The Morgan fingerprint density at radius 2 is 1.79 bits per heavy atom. The molecule has 0 spiro atoms. The molecule has 2 rings (SSSR count). The molecule has 0 aliphatic carbocycles. The van der Waals surface area contributed by atoms with Crippen LogP contribution < -0.4 is 0 Å². The van der Waals surface area contributed by atoms with Gasteiger partial charge in [0.05, 0.1) is 0 Å². The summed E-state index contributed by atoms with van der Waals surface area (Å²) in [5.74, 6) is -0.299. The van der Waals surface area contributed by atoms with Gasteiger partial charge in [0, 0.05) is 32.6 Å². The molecule has 5 nitrogen and oxygen atoms in total. The summed E-state index contributed by atoms with van der Waals surface area (Å²) in [7, 11) is 0. The van der Waals surface area contributed by atoms with Gasteiger partial charge in [-0.05, 0) is 37.1 Å². The van der Waals surface area contributed by atoms with Crippen LogP contribution in [0, 0.1) is 5.82 Å². The number of unbranched alkanes of at least 4 members (excludes halogenated alkanes) is 3. The molecule has 1 aromatic carbocycles. The monoisotopic (exact) mass is 336 g/mol. The molecule has 1 saturated heterocycles. The minimum Gasteiger partial charge on any atom is -0.445 e. The maximum absolute atomic E-state index is 12.8. The minimum atomic E-state index is -0.315. The fourth-order valence-corrected chi connectivity index (χ4v) is 2.71. The molecule has 0 atom stereocenters. The number of carbonyl (C=O) groups is 2. The van der Waals surface area contributed by atoms with Gasteiger partial charge in [-0.3, -0.25) is 4.90 Å². The van der Waals surface area contributed by atoms with Gasteiger partial charge in [-0.25, -0.2) is 9.18 Å². The van der Waals surface area contributed by atoms with E-state index in [9.17, 15) is 14.0 Å². The summed E-state index contributed by atoms with van der Waals surface area (Å²) in [6, 6.07) is 5.95. The van der Waals surface area contributed by atoms with Crippen LogP contribution in [0.1, 0.15) is 31.2 Å². The first-order valence-electron chi connectivity index (χ1n) is 8.51. The van der Waals surface area contributed by atoms with Gasteiger partial charge in [-0.15, -0.1) is 0 Å². The second-order valence-electron chi connectivity index (χ2n) is 6.03. The van der Waals surface area contributed by atoms with Crippen LogP contribution >= 0.6 is 0 Å². The molecule has 6 heteroatoms. The topological polar surface area (TPSA) is 49.9 Å². The van der Waals surface area contributed by atoms with Gasteiger partial charge in [0.15, 0.2) is 0 Å². The maximum Gasteiger partial charge on any atom is 0.410 e. The molecule has 1 aromatic rings. The molecule has 1 aliphatic rings. The highest BCUT2D eigenvalue weighted by Crippen LogP contribution is 2.09. The van der Waals surface area contributed by atoms with E-state index >= 15 is 0 Å². The number of hydrogen-bond donors (Lipinski definition) is 0. The van der Waals surface area contributed by atoms with Gasteiger partial charge in [-0.1, -0.05) is 18.6 Å². The maximum atomic E-state index is 12.8. The van der Waals surface area contributed by atoms with E-state index in [1.807, 2.05) is 0 Å². The van der Waals surface area contributed by atoms with E-state index in [2.05, 4.69) is 4.90 Å². The number of aldehydes is 1. The van der Waals surface area contributed by atoms with E-state index < -0.39 is 0 Å². The first kappa shape index (κ1) is 18.4. The molecule has 132 valence electrons. The van der Waals surface area contributed by atoms with Crippen molar-refractivity contribution < 1.29 is 18.7 Å². The number of carbonyl (C=O) groups excluding carboxylic acids is 2. The third kappa shape index (κ3) is 6.28. The molecule has 1 fully saturated rings. The molecule has 1 amide bonds. The Kier molecular flexibility index (Phi) is 7.68. The second kappa shape index (κ2) is 10.0. The molecule has 1 aliphatic heterocycles. The standard InChI is InChI=1S/C18H25FN2O3/c19-17-7-5-16(6-8-17)15-24-18(23)21-12-10-20(11-13-21)9-3-1-2-4-14-22/h5-8,14H,1-4,9-13,15H2. The number of rotatable bonds is 8. The van der Waals surface area contributed by atoms with Crippen molar-refractivity contribution in [1.29, 1.82) is 0 Å². The predicted octanol–water partition coefficient (Wildman–Crippen LogP) is 2.84. The first-order valence-corrected chi connectivity index (χ1v) is 8.51. The highest BCUT2D eigenvalue weighted by Gasteiger charge is 2.21. The summed E-state index contributed by atoms with van der Waals surface area (Å²) >= 11 is 0. The van der Waals surface area contributed by atoms with E-state index in [4.69, 9.17) is 4.74 Å². The van der Waals surface area contributed by atoms with Crippen molar-refractivity contribution in [2.24, 2.45) is 0 Å². The van der Waals surface area contributed by atoms with Gasteiger partial charge in [0.1, 0.15) is 18.7 Å². The third-order valence-electron chi connectivity index (χ3n) is 4.20. The molecule has 0 radical (unpaired) electrons. The van der Waals surface area contributed by atoms with Crippen LogP contribution in [0.3, 0.4) is 0 Å². The number of ether oxygens (including phenoxy) is 1. The average Bonchev–Trinajstić information content (AvgIpc) is 2.61. The summed E-state index contributed by atoms with van der Waals surface area (Å²) in [6.07, 6.45) is 4.41. The Morgan fingerprint density at radius 1 is 1.08 bits per heavy atom. The lowest BCUT2D eigenvalue weighted by molar-refractivity contribution is -0.107. The van der Waals surface area contributed by atoms with E-state index in [1.54, 1.807) is 17.0 Å². The Bertz CT molecular complexity index is 514. The van der Waals surface area contributed by atoms with Crippen LogP contribution in [-0.4, -0.2) is 54.9 Å². The third-order valence-corrected chi connectivity index (χ3v) is 4.20. The lowest BCUT2D eigenvalue weighted by atomic mass is 10.2. The normalized spacial score (nSPS) is 15.3. The van der Waals surface area contributed by atoms with Gasteiger partial charge in [0.25, 0.3) is 0 Å². The zero-order chi connectivity index (χ0) is 17.2. The SMILES string of the molecule is O=CCCCCCN1CCN(C(=O)OCc2ccc(F)cc2)CC1. The van der Waals surface area contributed by atoms with Crippen molar-refractivity contribution in [3.63, 3.8) is 0 Å². The van der Waals surface area contributed by atoms with Crippen LogP contribution in [0.15, 0.2) is 24.3 Å². The predicted molar refractivity (Wildman–Crippen MR) is 89.1 cm³/mol. The van der Waals surface area contributed by atoms with Crippen LogP contribution in [-0.2, 0) is 16.1 Å². The zero-order valence-electron chi connectivity index (χ0n) is 14.0. The molecule has 0 unspecified atom stereocenters. The largest absolute Gasteiger partial charge is 0.445 e. The van der Waals surface area contributed by atoms with E-state index in [0.29, 0.717) is 19.5 Å². The molecule has 0 saturated carbocycles. The van der Waals surface area contributed by atoms with Crippen molar-refractivity contribution in [2.45, 2.75) is 32.3 Å². The van der Waals surface area contributed by atoms with Crippen molar-refractivity contribution in [3.05, 3.63) is 35.6 Å². The van der Waals surface area contributed by atoms with Crippen LogP contribution in [0.25, 0.3) is 0 Å². The van der Waals surface area contributed by atoms with E-state index in [-0.39, 0.29) is 18.5 Å². The Morgan fingerprint density at radius 3 is 2.46 bits per heavy atom. The van der Waals surface area contributed by atoms with Gasteiger partial charge < -0.3 is 14.4 Å². The minimum absolute atomic E-state index is 0.163. The summed E-state index contributed by atoms with van der Waals surface area (Å²) in [4.78, 5) is 26.4. The summed E-state index contributed by atoms with van der Waals surface area (Å²) < 4.78 is 18.1. The Labute approximate surface area is 142 Å². The van der Waals surface area contributed by atoms with Crippen LogP contribution in [0.2, 0.25) is 0 Å². The highest BCUT2D eigenvalue weighted by atomic mass is 19.1. The highest BCUT2D eigenvalue weighted by molar-refractivity contribution is 5.67. The lowest BCUT2D eigenvalue weighted by Gasteiger charge is -2.34. The number of nitrogens with zero attached hydrogens (tertiary/aromatic N) is 2. The molecular weight excluding hydrogens is 311 g/mol. The zero-order valence-corrected chi connectivity index (χ0v) is 14.0. The number of benzene rings is 1. The summed E-state index contributed by atoms with van der Waals surface area (Å²) in [6.45, 7) is 4.19. The number of halogens is 1. The van der Waals surface area contributed by atoms with E-state index in [0.717, 1.165) is 50.7 Å². The fourth-order valence-electron chi connectivity index (χ4n) is 2.71. The van der Waals surface area contributed by atoms with E-state index in [1.165, 1.54) is 12.1 Å². The molecule has 24 heavy (non-hydrogen) atoms. The van der Waals surface area contributed by atoms with Crippen LogP contribution in [0.5, 0.6) is 0 Å². The Balaban J connectivity index is 1.61. The average molecular weight is 336 g/mol. The number of piperazine rings is 1. The summed E-state index contributed by atoms with van der Waals surface area (Å²) in [5.41, 5.74) is 0.777.